The summed E-state index contributed by atoms with van der Waals surface area (Å²) < 4.78 is 47.8. The first-order chi connectivity index (χ1) is 30.6. The van der Waals surface area contributed by atoms with Crippen molar-refractivity contribution < 1.29 is 66.7 Å². The maximum Gasteiger partial charge on any atom is 0.472 e. The topological polar surface area (TPSA) is 216 Å². The van der Waals surface area contributed by atoms with Crippen LogP contribution in [0.15, 0.2) is 60.8 Å². The predicted molar refractivity (Wildman–Crippen MR) is 254 cm³/mol. The molecule has 14 nitrogen and oxygen atoms in total. The molecule has 0 radical (unpaired) electrons. The normalized spacial score (nSPS) is 15.0. The van der Waals surface area contributed by atoms with Crippen LogP contribution < -0.4 is 0 Å². The second kappa shape index (κ2) is 42.2. The number of allylic oxidation sites excluding steroid dienone is 8. The highest BCUT2D eigenvalue weighted by molar-refractivity contribution is 7.47. The summed E-state index contributed by atoms with van der Waals surface area (Å²) >= 11 is 0. The molecule has 0 heterocycles. The molecule has 4 atom stereocenters. The van der Waals surface area contributed by atoms with Crippen molar-refractivity contribution in [1.29, 1.82) is 0 Å². The zero-order valence-electron chi connectivity index (χ0n) is 39.4. The number of hydrogen-bond donors (Lipinski definition) is 5. The Balaban J connectivity index is 4.58. The third kappa shape index (κ3) is 46.3. The van der Waals surface area contributed by atoms with Crippen LogP contribution in [0.25, 0.3) is 0 Å². The van der Waals surface area contributed by atoms with Gasteiger partial charge in [-0.1, -0.05) is 184 Å². The lowest BCUT2D eigenvalue weighted by Gasteiger charge is -2.20. The molecular weight excluding hydrogens is 862 g/mol. The fourth-order valence-electron chi connectivity index (χ4n) is 6.30. The molecule has 0 aliphatic carbocycles. The minimum Gasteiger partial charge on any atom is -0.462 e. The van der Waals surface area contributed by atoms with Crippen molar-refractivity contribution in [2.24, 2.45) is 5.92 Å². The molecule has 0 aliphatic heterocycles. The van der Waals surface area contributed by atoms with Gasteiger partial charge in [-0.25, -0.2) is 9.13 Å². The number of aliphatic hydroxyl groups is 2. The van der Waals surface area contributed by atoms with E-state index >= 15 is 0 Å². The Morgan fingerprint density at radius 2 is 1.08 bits per heavy atom. The minimum atomic E-state index is -4.88. The molecule has 2 unspecified atom stereocenters. The van der Waals surface area contributed by atoms with E-state index in [1.165, 1.54) is 83.5 Å². The highest BCUT2D eigenvalue weighted by atomic mass is 31.2. The summed E-state index contributed by atoms with van der Waals surface area (Å²) in [6.07, 6.45) is 41.1. The number of phosphoric ester groups is 2. The van der Waals surface area contributed by atoms with Gasteiger partial charge in [-0.3, -0.25) is 23.2 Å². The van der Waals surface area contributed by atoms with Crippen LogP contribution in [0, 0.1) is 5.92 Å². The van der Waals surface area contributed by atoms with Crippen LogP contribution in [0.1, 0.15) is 181 Å². The molecule has 0 aromatic heterocycles. The van der Waals surface area contributed by atoms with Gasteiger partial charge in [0.2, 0.25) is 0 Å². The lowest BCUT2D eigenvalue weighted by molar-refractivity contribution is -0.161. The van der Waals surface area contributed by atoms with Crippen molar-refractivity contribution in [3.05, 3.63) is 60.8 Å². The molecule has 372 valence electrons. The maximum atomic E-state index is 12.7. The van der Waals surface area contributed by atoms with E-state index in [1.807, 2.05) is 36.5 Å². The molecule has 0 spiro atoms. The second-order valence-electron chi connectivity index (χ2n) is 16.7. The molecule has 64 heavy (non-hydrogen) atoms. The monoisotopic (exact) mass is 949 g/mol. The Labute approximate surface area is 385 Å². The van der Waals surface area contributed by atoms with Gasteiger partial charge in [0.15, 0.2) is 6.10 Å². The molecule has 0 saturated carbocycles. The smallest absolute Gasteiger partial charge is 0.462 e. The molecule has 0 bridgehead atoms. The molecule has 0 saturated heterocycles. The number of phosphoric acid groups is 2. The summed E-state index contributed by atoms with van der Waals surface area (Å²) in [7, 11) is -9.72. The van der Waals surface area contributed by atoms with Gasteiger partial charge in [0.25, 0.3) is 0 Å². The number of ether oxygens (including phenoxy) is 2. The Hall–Kier alpha value is -2.22. The quantitative estimate of drug-likeness (QED) is 0.0126. The van der Waals surface area contributed by atoms with Gasteiger partial charge in [0, 0.05) is 12.8 Å². The highest BCUT2D eigenvalue weighted by Crippen LogP contribution is 2.43. The first kappa shape index (κ1) is 61.8. The van der Waals surface area contributed by atoms with Gasteiger partial charge >= 0.3 is 27.6 Å². The summed E-state index contributed by atoms with van der Waals surface area (Å²) in [5, 5.41) is 19.8. The van der Waals surface area contributed by atoms with Crippen LogP contribution in [-0.2, 0) is 41.8 Å². The molecule has 0 amide bonds. The van der Waals surface area contributed by atoms with Gasteiger partial charge in [0.1, 0.15) is 12.7 Å². The largest absolute Gasteiger partial charge is 0.472 e. The van der Waals surface area contributed by atoms with Crippen molar-refractivity contribution >= 4 is 27.6 Å². The maximum absolute atomic E-state index is 12.7. The lowest BCUT2D eigenvalue weighted by atomic mass is 10.0. The van der Waals surface area contributed by atoms with Crippen LogP contribution in [-0.4, -0.2) is 81.6 Å². The summed E-state index contributed by atoms with van der Waals surface area (Å²) in [4.78, 5) is 52.8. The number of aliphatic hydroxyl groups excluding tert-OH is 2. The summed E-state index contributed by atoms with van der Waals surface area (Å²) in [5.41, 5.74) is 0. The molecule has 0 fully saturated rings. The van der Waals surface area contributed by atoms with E-state index < -0.39 is 72.3 Å². The number of unbranched alkanes of at least 4 members (excludes halogenated alkanes) is 16. The number of esters is 2. The van der Waals surface area contributed by atoms with Gasteiger partial charge < -0.3 is 34.4 Å². The third-order valence-corrected chi connectivity index (χ3v) is 11.4. The summed E-state index contributed by atoms with van der Waals surface area (Å²) in [6.45, 7) is 3.85. The average Bonchev–Trinajstić information content (AvgIpc) is 3.24. The molecule has 0 aromatic rings. The SMILES string of the molecule is CC/C=C\C/C=C\CC(O)/C=C/C=C\C/C=C\CCCC(=O)O[C@H](COC(=O)CCCCCCCCCCCCCCCCCCC(C)C)COP(=O)(O)OC[C@@H](O)COP(=O)(O)O. The Morgan fingerprint density at radius 1 is 0.562 bits per heavy atom. The standard InChI is InChI=1S/C48H86O14P2/c1-4-5-6-7-25-30-35-44(49)36-31-26-21-18-19-23-28-33-38-48(52)62-46(42-61-64(56,57)60-40-45(50)39-59-63(53,54)55)41-58-47(51)37-32-27-22-17-15-13-11-9-8-10-12-14-16-20-24-29-34-43(2)3/h5-6,19,21,23,25-26,30-31,36,43-46,49-50H,4,7-18,20,22,24,27-29,32-35,37-42H2,1-3H3,(H,56,57)(H2,53,54,55)/b6-5-,23-19-,26-21-,30-25-,36-31+/t44?,45-,46+/m0/s1. The van der Waals surface area contributed by atoms with E-state index in [0.29, 0.717) is 32.1 Å². The van der Waals surface area contributed by atoms with E-state index in [9.17, 15) is 33.8 Å². The van der Waals surface area contributed by atoms with Crippen LogP contribution in [0.2, 0.25) is 0 Å². The first-order valence-corrected chi connectivity index (χ1v) is 27.0. The zero-order valence-corrected chi connectivity index (χ0v) is 41.2. The van der Waals surface area contributed by atoms with Gasteiger partial charge in [0.05, 0.1) is 25.9 Å². The van der Waals surface area contributed by atoms with Gasteiger partial charge in [-0.05, 0) is 50.9 Å². The molecular formula is C48H86O14P2. The first-order valence-electron chi connectivity index (χ1n) is 23.9. The average molecular weight is 949 g/mol. The van der Waals surface area contributed by atoms with E-state index in [1.54, 1.807) is 12.2 Å². The van der Waals surface area contributed by atoms with Crippen molar-refractivity contribution in [3.8, 4) is 0 Å². The predicted octanol–water partition coefficient (Wildman–Crippen LogP) is 11.6. The molecule has 0 aromatic carbocycles. The molecule has 5 N–H and O–H groups in total. The molecule has 16 heteroatoms. The second-order valence-corrected chi connectivity index (χ2v) is 19.4. The highest BCUT2D eigenvalue weighted by Gasteiger charge is 2.28. The van der Waals surface area contributed by atoms with Gasteiger partial charge in [-0.2, -0.15) is 0 Å². The lowest BCUT2D eigenvalue weighted by Crippen LogP contribution is -2.29. The van der Waals surface area contributed by atoms with Gasteiger partial charge in [-0.15, -0.1) is 0 Å². The van der Waals surface area contributed by atoms with Crippen molar-refractivity contribution in [1.82, 2.24) is 0 Å². The summed E-state index contributed by atoms with van der Waals surface area (Å²) in [6, 6.07) is 0. The van der Waals surface area contributed by atoms with E-state index in [2.05, 4.69) is 42.0 Å². The Kier molecular flexibility index (Phi) is 40.7. The van der Waals surface area contributed by atoms with E-state index in [-0.39, 0.29) is 12.8 Å². The molecule has 0 rings (SSSR count). The van der Waals surface area contributed by atoms with Crippen LogP contribution >= 0.6 is 15.6 Å². The summed E-state index contributed by atoms with van der Waals surface area (Å²) in [5.74, 6) is -0.318. The van der Waals surface area contributed by atoms with Crippen molar-refractivity contribution in [3.63, 3.8) is 0 Å². The van der Waals surface area contributed by atoms with Crippen LogP contribution in [0.5, 0.6) is 0 Å². The van der Waals surface area contributed by atoms with Crippen molar-refractivity contribution in [2.75, 3.05) is 26.4 Å². The molecule has 0 aliphatic rings. The third-order valence-electron chi connectivity index (χ3n) is 9.92. The van der Waals surface area contributed by atoms with Crippen LogP contribution in [0.4, 0.5) is 0 Å². The Bertz CT molecular complexity index is 1390. The van der Waals surface area contributed by atoms with Crippen LogP contribution in [0.3, 0.4) is 0 Å². The fourth-order valence-corrected chi connectivity index (χ4v) is 7.46. The number of carbonyl (C=O) groups is 2. The fraction of sp³-hybridized carbons (Fsp3) is 0.750. The van der Waals surface area contributed by atoms with E-state index in [4.69, 9.17) is 23.8 Å². The minimum absolute atomic E-state index is 0.0203. The van der Waals surface area contributed by atoms with Crippen molar-refractivity contribution in [2.45, 2.75) is 200 Å². The Morgan fingerprint density at radius 3 is 1.67 bits per heavy atom. The zero-order chi connectivity index (χ0) is 47.6. The number of rotatable bonds is 44. The number of carbonyl (C=O) groups excluding carboxylic acids is 2. The van der Waals surface area contributed by atoms with E-state index in [0.717, 1.165) is 38.0 Å². The number of hydrogen-bond acceptors (Lipinski definition) is 11.